The molecule has 2 N–H and O–H groups in total. The Hall–Kier alpha value is -4.26. The van der Waals surface area contributed by atoms with Crippen molar-refractivity contribution in [3.63, 3.8) is 0 Å². The van der Waals surface area contributed by atoms with Gasteiger partial charge in [0.2, 0.25) is 5.88 Å². The molecule has 0 radical (unpaired) electrons. The second-order valence-electron chi connectivity index (χ2n) is 8.40. The molecule has 2 aromatic carbocycles. The van der Waals surface area contributed by atoms with Crippen LogP contribution in [0, 0.1) is 0 Å². The summed E-state index contributed by atoms with van der Waals surface area (Å²) in [4.78, 5) is 24.8. The van der Waals surface area contributed by atoms with Gasteiger partial charge in [-0.15, -0.1) is 11.3 Å². The number of hydrogen-bond donors (Lipinski definition) is 2. The van der Waals surface area contributed by atoms with Gasteiger partial charge in [0, 0.05) is 11.9 Å². The largest absolute Gasteiger partial charge is 0.477 e. The number of aromatic carboxylic acids is 1. The first-order valence-corrected chi connectivity index (χ1v) is 12.1. The van der Waals surface area contributed by atoms with E-state index < -0.39 is 47.3 Å². The zero-order chi connectivity index (χ0) is 28.5. The maximum absolute atomic E-state index is 13.8. The fraction of sp³-hybridized carbons (Fsp3) is 0.192. The van der Waals surface area contributed by atoms with Crippen molar-refractivity contribution in [2.45, 2.75) is 25.6 Å². The predicted molar refractivity (Wildman–Crippen MR) is 132 cm³/mol. The average Bonchev–Trinajstić information content (AvgIpc) is 3.50. The fourth-order valence-corrected chi connectivity index (χ4v) is 4.60. The molecular weight excluding hydrogens is 545 g/mol. The second-order valence-corrected chi connectivity index (χ2v) is 9.51. The number of rotatable bonds is 8. The molecule has 0 saturated carbocycles. The number of nitrogens with zero attached hydrogens (tertiary/aromatic N) is 2. The summed E-state index contributed by atoms with van der Waals surface area (Å²) in [5, 5.41) is 15.4. The van der Waals surface area contributed by atoms with Crippen LogP contribution in [0.25, 0.3) is 11.1 Å². The van der Waals surface area contributed by atoms with Crippen molar-refractivity contribution in [2.75, 3.05) is 0 Å². The minimum atomic E-state index is -4.48. The Balaban J connectivity index is 1.62. The summed E-state index contributed by atoms with van der Waals surface area (Å²) in [6, 6.07) is 12.8. The number of benzene rings is 2. The van der Waals surface area contributed by atoms with E-state index in [0.717, 1.165) is 28.2 Å². The van der Waals surface area contributed by atoms with Gasteiger partial charge in [-0.3, -0.25) is 4.79 Å². The predicted octanol–water partition coefficient (Wildman–Crippen LogP) is 7.09. The molecule has 4 aromatic rings. The highest BCUT2D eigenvalue weighted by atomic mass is 32.1. The number of hydrogen-bond acceptors (Lipinski definition) is 5. The van der Waals surface area contributed by atoms with E-state index in [1.807, 2.05) is 0 Å². The molecule has 1 atom stereocenters. The molecule has 2 aromatic heterocycles. The summed E-state index contributed by atoms with van der Waals surface area (Å²) in [5.74, 6) is -2.20. The Morgan fingerprint density at radius 1 is 1.05 bits per heavy atom. The molecule has 0 saturated heterocycles. The van der Waals surface area contributed by atoms with Gasteiger partial charge in [-0.2, -0.15) is 18.3 Å². The van der Waals surface area contributed by atoms with Crippen LogP contribution in [0.3, 0.4) is 0 Å². The van der Waals surface area contributed by atoms with Crippen LogP contribution in [0.15, 0.2) is 60.7 Å². The molecule has 2 heterocycles. The van der Waals surface area contributed by atoms with Crippen LogP contribution in [0.4, 0.5) is 22.0 Å². The molecule has 13 heteroatoms. The van der Waals surface area contributed by atoms with E-state index in [1.165, 1.54) is 43.4 Å². The number of carbonyl (C=O) groups excluding carboxylic acids is 1. The number of halogens is 5. The molecule has 1 amide bonds. The van der Waals surface area contributed by atoms with E-state index in [9.17, 15) is 31.5 Å². The lowest BCUT2D eigenvalue weighted by Gasteiger charge is -2.14. The van der Waals surface area contributed by atoms with Crippen LogP contribution in [-0.2, 0) is 13.2 Å². The number of aryl methyl sites for hydroxylation is 1. The summed E-state index contributed by atoms with van der Waals surface area (Å²) in [6.45, 7) is 1.57. The summed E-state index contributed by atoms with van der Waals surface area (Å²) in [7, 11) is 1.32. The number of carbonyl (C=O) groups is 2. The van der Waals surface area contributed by atoms with Crippen molar-refractivity contribution in [3.05, 3.63) is 87.2 Å². The van der Waals surface area contributed by atoms with Crippen LogP contribution in [-0.4, -0.2) is 26.8 Å². The van der Waals surface area contributed by atoms with E-state index in [4.69, 9.17) is 9.84 Å². The molecule has 204 valence electrons. The molecule has 0 aliphatic rings. The number of ether oxygens (including phenoxy) is 1. The van der Waals surface area contributed by atoms with E-state index in [1.54, 1.807) is 19.1 Å². The zero-order valence-corrected chi connectivity index (χ0v) is 21.1. The smallest absolute Gasteiger partial charge is 0.416 e. The Kier molecular flexibility index (Phi) is 7.72. The van der Waals surface area contributed by atoms with Gasteiger partial charge in [0.1, 0.15) is 21.9 Å². The first-order valence-electron chi connectivity index (χ1n) is 11.3. The monoisotopic (exact) mass is 565 g/mol. The fourth-order valence-electron chi connectivity index (χ4n) is 3.75. The molecule has 4 rings (SSSR count). The Morgan fingerprint density at radius 3 is 2.33 bits per heavy atom. The molecule has 0 fully saturated rings. The van der Waals surface area contributed by atoms with Gasteiger partial charge in [-0.25, -0.2) is 18.3 Å². The minimum Gasteiger partial charge on any atom is -0.477 e. The Labute approximate surface area is 222 Å². The number of carboxylic acid groups (broad SMARTS) is 1. The van der Waals surface area contributed by atoms with Gasteiger partial charge in [-0.05, 0) is 54.4 Å². The molecule has 0 unspecified atom stereocenters. The normalized spacial score (nSPS) is 12.4. The van der Waals surface area contributed by atoms with E-state index in [-0.39, 0.29) is 16.5 Å². The average molecular weight is 566 g/mol. The maximum Gasteiger partial charge on any atom is 0.416 e. The number of aromatic nitrogens is 2. The zero-order valence-electron chi connectivity index (χ0n) is 20.3. The van der Waals surface area contributed by atoms with Crippen LogP contribution in [0.2, 0.25) is 0 Å². The van der Waals surface area contributed by atoms with Crippen molar-refractivity contribution in [1.29, 1.82) is 0 Å². The van der Waals surface area contributed by atoms with E-state index >= 15 is 0 Å². The van der Waals surface area contributed by atoms with Crippen LogP contribution >= 0.6 is 11.3 Å². The van der Waals surface area contributed by atoms with Crippen molar-refractivity contribution in [2.24, 2.45) is 7.05 Å². The lowest BCUT2D eigenvalue weighted by molar-refractivity contribution is -0.137. The second kappa shape index (κ2) is 10.8. The molecule has 0 bridgehead atoms. The van der Waals surface area contributed by atoms with Gasteiger partial charge < -0.3 is 15.2 Å². The number of amides is 1. The first kappa shape index (κ1) is 27.8. The highest BCUT2D eigenvalue weighted by molar-refractivity contribution is 7.14. The summed E-state index contributed by atoms with van der Waals surface area (Å²) < 4.78 is 73.1. The number of thiophene rings is 1. The standard InChI is InChI=1S/C26H20F5N3O4S/c1-13(18-10-11-19(39-18)25(36)37)32-23(35)20-21(22(27)28)33-34(2)24(20)38-17-5-3-4-15(12-17)14-6-8-16(9-7-14)26(29,30)31/h3-13,22H,1-2H3,(H,32,35)(H,36,37)/t13-/m0/s1. The molecule has 0 aliphatic heterocycles. The molecular formula is C26H20F5N3O4S. The minimum absolute atomic E-state index is 0.0534. The molecule has 7 nitrogen and oxygen atoms in total. The third kappa shape index (κ3) is 6.08. The Bertz CT molecular complexity index is 1510. The summed E-state index contributed by atoms with van der Waals surface area (Å²) in [5.41, 5.74) is -1.18. The quantitative estimate of drug-likeness (QED) is 0.223. The third-order valence-electron chi connectivity index (χ3n) is 5.66. The maximum atomic E-state index is 13.8. The SMILES string of the molecule is C[C@H](NC(=O)c1c(C(F)F)nn(C)c1Oc1cccc(-c2ccc(C(F)(F)F)cc2)c1)c1ccc(C(=O)O)s1. The Morgan fingerprint density at radius 2 is 1.74 bits per heavy atom. The van der Waals surface area contributed by atoms with Crippen molar-refractivity contribution >= 4 is 23.2 Å². The van der Waals surface area contributed by atoms with Gasteiger partial charge in [-0.1, -0.05) is 24.3 Å². The van der Waals surface area contributed by atoms with Crippen LogP contribution in [0.5, 0.6) is 11.6 Å². The topological polar surface area (TPSA) is 93.5 Å². The van der Waals surface area contributed by atoms with Gasteiger partial charge in [0.25, 0.3) is 12.3 Å². The van der Waals surface area contributed by atoms with Gasteiger partial charge in [0.05, 0.1) is 11.6 Å². The van der Waals surface area contributed by atoms with Crippen molar-refractivity contribution < 1.29 is 41.4 Å². The van der Waals surface area contributed by atoms with E-state index in [0.29, 0.717) is 16.0 Å². The third-order valence-corrected chi connectivity index (χ3v) is 6.92. The highest BCUT2D eigenvalue weighted by Crippen LogP contribution is 2.35. The summed E-state index contributed by atoms with van der Waals surface area (Å²) >= 11 is 0.934. The first-order chi connectivity index (χ1) is 18.3. The van der Waals surface area contributed by atoms with Crippen LogP contribution < -0.4 is 10.1 Å². The van der Waals surface area contributed by atoms with Crippen LogP contribution in [0.1, 0.15) is 55.6 Å². The van der Waals surface area contributed by atoms with Gasteiger partial charge in [0.15, 0.2) is 0 Å². The van der Waals surface area contributed by atoms with Crippen molar-refractivity contribution in [3.8, 4) is 22.8 Å². The summed E-state index contributed by atoms with van der Waals surface area (Å²) in [6.07, 6.45) is -7.59. The highest BCUT2D eigenvalue weighted by Gasteiger charge is 2.31. The van der Waals surface area contributed by atoms with Gasteiger partial charge >= 0.3 is 12.1 Å². The number of alkyl halides is 5. The number of carboxylic acids is 1. The molecule has 39 heavy (non-hydrogen) atoms. The lowest BCUT2D eigenvalue weighted by Crippen LogP contribution is -2.27. The lowest BCUT2D eigenvalue weighted by atomic mass is 10.0. The van der Waals surface area contributed by atoms with Crippen molar-refractivity contribution in [1.82, 2.24) is 15.1 Å². The molecule has 0 spiro atoms. The number of nitrogens with one attached hydrogen (secondary N) is 1. The molecule has 0 aliphatic carbocycles. The van der Waals surface area contributed by atoms with E-state index in [2.05, 4.69) is 10.4 Å².